The van der Waals surface area contributed by atoms with Crippen LogP contribution >= 0.6 is 35.1 Å². The van der Waals surface area contributed by atoms with Crippen molar-refractivity contribution in [3.8, 4) is 0 Å². The molecule has 7 heteroatoms. The molecular formula is C13H11ClN2O2S2. The topological polar surface area (TPSA) is 56.0 Å². The molecule has 0 aliphatic carbocycles. The van der Waals surface area contributed by atoms with E-state index in [1.54, 1.807) is 23.5 Å². The minimum absolute atomic E-state index is 0.176. The summed E-state index contributed by atoms with van der Waals surface area (Å²) in [6.07, 6.45) is 0. The quantitative estimate of drug-likeness (QED) is 0.802. The first kappa shape index (κ1) is 14.0. The van der Waals surface area contributed by atoms with E-state index in [1.165, 1.54) is 0 Å². The van der Waals surface area contributed by atoms with Crippen molar-refractivity contribution in [2.24, 2.45) is 0 Å². The Morgan fingerprint density at radius 3 is 2.90 bits per heavy atom. The molecular weight excluding hydrogens is 316 g/mol. The lowest BCUT2D eigenvalue weighted by Gasteiger charge is -1.98. The maximum Gasteiger partial charge on any atom is 0.238 e. The molecule has 1 saturated heterocycles. The van der Waals surface area contributed by atoms with E-state index < -0.39 is 0 Å². The summed E-state index contributed by atoms with van der Waals surface area (Å²) in [5, 5.41) is 4.65. The Bertz CT molecular complexity index is 615. The van der Waals surface area contributed by atoms with Gasteiger partial charge >= 0.3 is 0 Å². The summed E-state index contributed by atoms with van der Waals surface area (Å²) in [6.45, 7) is 0. The predicted octanol–water partition coefficient (Wildman–Crippen LogP) is 3.41. The molecule has 1 aliphatic heterocycles. The number of ketones is 1. The molecule has 0 radical (unpaired) electrons. The van der Waals surface area contributed by atoms with Crippen LogP contribution in [0, 0.1) is 0 Å². The monoisotopic (exact) mass is 326 g/mol. The van der Waals surface area contributed by atoms with Gasteiger partial charge in [-0.15, -0.1) is 11.8 Å². The molecule has 3 rings (SSSR count). The van der Waals surface area contributed by atoms with Crippen LogP contribution in [0.3, 0.4) is 0 Å². The zero-order valence-electron chi connectivity index (χ0n) is 10.4. The van der Waals surface area contributed by atoms with E-state index in [1.807, 2.05) is 24.3 Å². The Hall–Kier alpha value is -0.980. The Morgan fingerprint density at radius 2 is 2.20 bits per heavy atom. The average Bonchev–Trinajstić information content (AvgIpc) is 3.06. The van der Waals surface area contributed by atoms with E-state index in [2.05, 4.69) is 10.1 Å². The van der Waals surface area contributed by atoms with Crippen molar-refractivity contribution >= 4 is 40.9 Å². The maximum absolute atomic E-state index is 11.6. The van der Waals surface area contributed by atoms with Gasteiger partial charge in [0.05, 0.1) is 11.5 Å². The lowest BCUT2D eigenvalue weighted by Crippen LogP contribution is -2.09. The van der Waals surface area contributed by atoms with Crippen LogP contribution < -0.4 is 0 Å². The molecule has 0 amide bonds. The SMILES string of the molecule is O=C1CSCC1c1nc(CSc2ccc(Cl)cc2)no1. The summed E-state index contributed by atoms with van der Waals surface area (Å²) >= 11 is 9.05. The molecule has 0 saturated carbocycles. The molecule has 0 bridgehead atoms. The van der Waals surface area contributed by atoms with Crippen molar-refractivity contribution < 1.29 is 9.32 Å². The molecule has 2 heterocycles. The molecule has 20 heavy (non-hydrogen) atoms. The second kappa shape index (κ2) is 6.20. The second-order valence-corrected chi connectivity index (χ2v) is 6.84. The summed E-state index contributed by atoms with van der Waals surface area (Å²) in [4.78, 5) is 17.0. The first-order valence-electron chi connectivity index (χ1n) is 6.03. The minimum atomic E-state index is -0.221. The summed E-state index contributed by atoms with van der Waals surface area (Å²) in [5.41, 5.74) is 0. The number of thioether (sulfide) groups is 2. The fourth-order valence-corrected chi connectivity index (χ4v) is 3.78. The van der Waals surface area contributed by atoms with Gasteiger partial charge in [0.25, 0.3) is 0 Å². The Balaban J connectivity index is 1.62. The third-order valence-corrected chi connectivity index (χ3v) is 5.20. The molecule has 1 unspecified atom stereocenters. The average molecular weight is 327 g/mol. The van der Waals surface area contributed by atoms with Gasteiger partial charge in [0.2, 0.25) is 5.89 Å². The van der Waals surface area contributed by atoms with Gasteiger partial charge in [-0.05, 0) is 24.3 Å². The zero-order valence-corrected chi connectivity index (χ0v) is 12.8. The largest absolute Gasteiger partial charge is 0.338 e. The summed E-state index contributed by atoms with van der Waals surface area (Å²) in [7, 11) is 0. The van der Waals surface area contributed by atoms with Crippen molar-refractivity contribution in [3.05, 3.63) is 41.0 Å². The number of carbonyl (C=O) groups excluding carboxylic acids is 1. The van der Waals surface area contributed by atoms with E-state index >= 15 is 0 Å². The third-order valence-electron chi connectivity index (χ3n) is 2.88. The van der Waals surface area contributed by atoms with Gasteiger partial charge < -0.3 is 4.52 Å². The lowest BCUT2D eigenvalue weighted by molar-refractivity contribution is -0.117. The van der Waals surface area contributed by atoms with Crippen LogP contribution in [0.25, 0.3) is 0 Å². The second-order valence-electron chi connectivity index (χ2n) is 4.33. The Morgan fingerprint density at radius 1 is 1.40 bits per heavy atom. The van der Waals surface area contributed by atoms with E-state index in [0.29, 0.717) is 28.2 Å². The van der Waals surface area contributed by atoms with Crippen molar-refractivity contribution in [1.29, 1.82) is 0 Å². The van der Waals surface area contributed by atoms with Gasteiger partial charge in [-0.1, -0.05) is 16.8 Å². The number of rotatable bonds is 4. The van der Waals surface area contributed by atoms with Crippen LogP contribution in [0.15, 0.2) is 33.7 Å². The zero-order chi connectivity index (χ0) is 13.9. The molecule has 1 aromatic heterocycles. The highest BCUT2D eigenvalue weighted by molar-refractivity contribution is 8.00. The van der Waals surface area contributed by atoms with E-state index in [4.69, 9.17) is 16.1 Å². The molecule has 0 spiro atoms. The highest BCUT2D eigenvalue weighted by atomic mass is 35.5. The fraction of sp³-hybridized carbons (Fsp3) is 0.308. The summed E-state index contributed by atoms with van der Waals surface area (Å²) in [5.74, 6) is 2.92. The van der Waals surface area contributed by atoms with Gasteiger partial charge in [0, 0.05) is 15.7 Å². The number of aromatic nitrogens is 2. The van der Waals surface area contributed by atoms with Gasteiger partial charge in [-0.2, -0.15) is 16.7 Å². The van der Waals surface area contributed by atoms with Crippen LogP contribution in [0.5, 0.6) is 0 Å². The van der Waals surface area contributed by atoms with E-state index in [0.717, 1.165) is 10.6 Å². The normalized spacial score (nSPS) is 18.6. The molecule has 1 fully saturated rings. The number of benzene rings is 1. The summed E-state index contributed by atoms with van der Waals surface area (Å²) < 4.78 is 5.20. The Kier molecular flexibility index (Phi) is 4.33. The number of hydrogen-bond acceptors (Lipinski definition) is 6. The van der Waals surface area contributed by atoms with Crippen molar-refractivity contribution in [2.75, 3.05) is 11.5 Å². The number of carbonyl (C=O) groups is 1. The standard InChI is InChI=1S/C13H11ClN2O2S2/c14-8-1-3-9(4-2-8)20-7-12-15-13(18-16-12)10-5-19-6-11(10)17/h1-4,10H,5-7H2. The maximum atomic E-state index is 11.6. The van der Waals surface area contributed by atoms with Crippen LogP contribution in [0.2, 0.25) is 5.02 Å². The summed E-state index contributed by atoms with van der Waals surface area (Å²) in [6, 6.07) is 7.59. The molecule has 1 atom stereocenters. The van der Waals surface area contributed by atoms with Crippen LogP contribution in [-0.2, 0) is 10.5 Å². The smallest absolute Gasteiger partial charge is 0.238 e. The van der Waals surface area contributed by atoms with E-state index in [9.17, 15) is 4.79 Å². The van der Waals surface area contributed by atoms with Crippen molar-refractivity contribution in [2.45, 2.75) is 16.6 Å². The number of hydrogen-bond donors (Lipinski definition) is 0. The fourth-order valence-electron chi connectivity index (χ4n) is 1.83. The van der Waals surface area contributed by atoms with Crippen molar-refractivity contribution in [1.82, 2.24) is 10.1 Å². The van der Waals surface area contributed by atoms with Gasteiger partial charge in [0.1, 0.15) is 5.92 Å². The number of nitrogens with zero attached hydrogens (tertiary/aromatic N) is 2. The third kappa shape index (κ3) is 3.19. The van der Waals surface area contributed by atoms with Crippen LogP contribution in [0.4, 0.5) is 0 Å². The number of halogens is 1. The first-order chi connectivity index (χ1) is 9.72. The first-order valence-corrected chi connectivity index (χ1v) is 8.55. The predicted molar refractivity (Wildman–Crippen MR) is 80.4 cm³/mol. The molecule has 104 valence electrons. The minimum Gasteiger partial charge on any atom is -0.338 e. The van der Waals surface area contributed by atoms with Crippen molar-refractivity contribution in [3.63, 3.8) is 0 Å². The molecule has 2 aromatic rings. The number of Topliss-reactive ketones (excluding diaryl/α,β-unsaturated/α-hetero) is 1. The molecule has 1 aromatic carbocycles. The molecule has 1 aliphatic rings. The Labute approximate surface area is 129 Å². The lowest BCUT2D eigenvalue weighted by atomic mass is 10.1. The van der Waals surface area contributed by atoms with Crippen LogP contribution in [0.1, 0.15) is 17.6 Å². The highest BCUT2D eigenvalue weighted by Crippen LogP contribution is 2.29. The van der Waals surface area contributed by atoms with Gasteiger partial charge in [0.15, 0.2) is 11.6 Å². The van der Waals surface area contributed by atoms with E-state index in [-0.39, 0.29) is 11.7 Å². The molecule has 4 nitrogen and oxygen atoms in total. The van der Waals surface area contributed by atoms with Gasteiger partial charge in [-0.25, -0.2) is 0 Å². The van der Waals surface area contributed by atoms with Gasteiger partial charge in [-0.3, -0.25) is 4.79 Å². The van der Waals surface area contributed by atoms with Crippen LogP contribution in [-0.4, -0.2) is 27.4 Å². The highest BCUT2D eigenvalue weighted by Gasteiger charge is 2.31. The molecule has 0 N–H and O–H groups in total.